The van der Waals surface area contributed by atoms with Gasteiger partial charge in [-0.25, -0.2) is 9.67 Å². The Bertz CT molecular complexity index is 959. The molecule has 4 rings (SSSR count). The Morgan fingerprint density at radius 3 is 2.71 bits per heavy atom. The fourth-order valence-electron chi connectivity index (χ4n) is 3.61. The average molecular weight is 400 g/mol. The molecule has 1 aliphatic rings. The van der Waals surface area contributed by atoms with Gasteiger partial charge in [0, 0.05) is 38.8 Å². The van der Waals surface area contributed by atoms with E-state index in [0.717, 1.165) is 34.7 Å². The Hall–Kier alpha value is -2.29. The van der Waals surface area contributed by atoms with E-state index in [9.17, 15) is 4.79 Å². The Labute approximate surface area is 168 Å². The van der Waals surface area contributed by atoms with Crippen LogP contribution in [0.5, 0.6) is 0 Å². The van der Waals surface area contributed by atoms with E-state index in [1.807, 2.05) is 33.2 Å². The third-order valence-electron chi connectivity index (χ3n) is 5.14. The van der Waals surface area contributed by atoms with Gasteiger partial charge in [0.15, 0.2) is 5.65 Å². The Balaban J connectivity index is 1.72. The summed E-state index contributed by atoms with van der Waals surface area (Å²) in [6, 6.07) is 6.08. The molecule has 0 spiro atoms. The second kappa shape index (κ2) is 7.98. The van der Waals surface area contributed by atoms with Crippen molar-refractivity contribution in [3.63, 3.8) is 0 Å². The van der Waals surface area contributed by atoms with Gasteiger partial charge in [0.2, 0.25) is 0 Å². The van der Waals surface area contributed by atoms with Crippen molar-refractivity contribution in [1.82, 2.24) is 24.6 Å². The van der Waals surface area contributed by atoms with E-state index < -0.39 is 0 Å². The van der Waals surface area contributed by atoms with Crippen molar-refractivity contribution in [3.05, 3.63) is 35.3 Å². The summed E-state index contributed by atoms with van der Waals surface area (Å²) >= 11 is 1.62. The van der Waals surface area contributed by atoms with Gasteiger partial charge in [-0.05, 0) is 31.4 Å². The number of amides is 1. The van der Waals surface area contributed by atoms with Crippen LogP contribution < -0.4 is 0 Å². The lowest BCUT2D eigenvalue weighted by atomic mass is 10.1. The zero-order valence-corrected chi connectivity index (χ0v) is 17.0. The van der Waals surface area contributed by atoms with Crippen LogP contribution in [0.15, 0.2) is 29.8 Å². The largest absolute Gasteiger partial charge is 0.395 e. The number of hydrogen-bond acceptors (Lipinski definition) is 6. The third kappa shape index (κ3) is 3.55. The first-order chi connectivity index (χ1) is 13.6. The summed E-state index contributed by atoms with van der Waals surface area (Å²) in [6.45, 7) is 7.82. The van der Waals surface area contributed by atoms with Crippen LogP contribution in [0, 0.1) is 0 Å². The molecule has 7 nitrogen and oxygen atoms in total. The molecule has 0 saturated carbocycles. The minimum atomic E-state index is 0.0251. The molecule has 3 aromatic rings. The summed E-state index contributed by atoms with van der Waals surface area (Å²) in [5.74, 6) is 0.0251. The summed E-state index contributed by atoms with van der Waals surface area (Å²) in [4.78, 5) is 23.3. The standard InChI is InChI=1S/C20H25N5O2S/c1-14(2)25-19-16(13-21-25)15(12-17(22-19)18-4-3-11-28-18)20(27)24-7-5-23(6-8-24)9-10-26/h3-4,11-14,26H,5-10H2,1-2H3. The van der Waals surface area contributed by atoms with Crippen molar-refractivity contribution >= 4 is 28.3 Å². The highest BCUT2D eigenvalue weighted by Gasteiger charge is 2.25. The first kappa shape index (κ1) is 19.0. The van der Waals surface area contributed by atoms with E-state index in [0.29, 0.717) is 25.2 Å². The highest BCUT2D eigenvalue weighted by molar-refractivity contribution is 7.13. The van der Waals surface area contributed by atoms with Gasteiger partial charge < -0.3 is 10.0 Å². The lowest BCUT2D eigenvalue weighted by molar-refractivity contribution is 0.0617. The maximum Gasteiger partial charge on any atom is 0.254 e. The minimum absolute atomic E-state index is 0.0251. The van der Waals surface area contributed by atoms with Crippen LogP contribution in [0.2, 0.25) is 0 Å². The number of piperazine rings is 1. The van der Waals surface area contributed by atoms with Crippen LogP contribution in [0.1, 0.15) is 30.2 Å². The van der Waals surface area contributed by atoms with Crippen LogP contribution in [0.25, 0.3) is 21.6 Å². The van der Waals surface area contributed by atoms with Gasteiger partial charge in [0.25, 0.3) is 5.91 Å². The lowest BCUT2D eigenvalue weighted by Gasteiger charge is -2.34. The number of nitrogens with zero attached hydrogens (tertiary/aromatic N) is 5. The van der Waals surface area contributed by atoms with E-state index in [4.69, 9.17) is 10.1 Å². The van der Waals surface area contributed by atoms with Crippen LogP contribution in [-0.2, 0) is 0 Å². The summed E-state index contributed by atoms with van der Waals surface area (Å²) in [5, 5.41) is 16.4. The maximum atomic E-state index is 13.4. The van der Waals surface area contributed by atoms with E-state index >= 15 is 0 Å². The summed E-state index contributed by atoms with van der Waals surface area (Å²) < 4.78 is 1.88. The smallest absolute Gasteiger partial charge is 0.254 e. The summed E-state index contributed by atoms with van der Waals surface area (Å²) in [6.07, 6.45) is 1.76. The van der Waals surface area contributed by atoms with Gasteiger partial charge in [-0.2, -0.15) is 5.10 Å². The van der Waals surface area contributed by atoms with Crippen molar-refractivity contribution in [2.24, 2.45) is 0 Å². The van der Waals surface area contributed by atoms with Crippen molar-refractivity contribution in [2.45, 2.75) is 19.9 Å². The molecule has 4 heterocycles. The fourth-order valence-corrected chi connectivity index (χ4v) is 4.30. The monoisotopic (exact) mass is 399 g/mol. The number of aliphatic hydroxyl groups excluding tert-OH is 1. The molecule has 1 N–H and O–H groups in total. The molecule has 0 radical (unpaired) electrons. The number of aromatic nitrogens is 3. The SMILES string of the molecule is CC(C)n1ncc2c(C(=O)N3CCN(CCO)CC3)cc(-c3cccs3)nc21. The highest BCUT2D eigenvalue weighted by atomic mass is 32.1. The number of β-amino-alcohol motifs (C(OH)–C–C–N with tert-alkyl or cyclic N) is 1. The van der Waals surface area contributed by atoms with E-state index in [-0.39, 0.29) is 18.6 Å². The van der Waals surface area contributed by atoms with E-state index in [1.165, 1.54) is 0 Å². The highest BCUT2D eigenvalue weighted by Crippen LogP contribution is 2.29. The minimum Gasteiger partial charge on any atom is -0.395 e. The Morgan fingerprint density at radius 2 is 2.07 bits per heavy atom. The zero-order chi connectivity index (χ0) is 19.7. The van der Waals surface area contributed by atoms with Gasteiger partial charge in [-0.1, -0.05) is 6.07 Å². The van der Waals surface area contributed by atoms with Crippen LogP contribution in [0.4, 0.5) is 0 Å². The number of thiophene rings is 1. The van der Waals surface area contributed by atoms with Gasteiger partial charge in [-0.3, -0.25) is 9.69 Å². The fraction of sp³-hybridized carbons (Fsp3) is 0.450. The van der Waals surface area contributed by atoms with Crippen molar-refractivity contribution in [1.29, 1.82) is 0 Å². The first-order valence-electron chi connectivity index (χ1n) is 9.63. The molecule has 1 amide bonds. The molecule has 148 valence electrons. The second-order valence-electron chi connectivity index (χ2n) is 7.31. The number of rotatable bonds is 5. The van der Waals surface area contributed by atoms with E-state index in [2.05, 4.69) is 23.8 Å². The number of pyridine rings is 1. The number of carbonyl (C=O) groups excluding carboxylic acids is 1. The number of fused-ring (bicyclic) bond motifs is 1. The number of hydrogen-bond donors (Lipinski definition) is 1. The molecule has 0 aromatic carbocycles. The molecular formula is C20H25N5O2S. The zero-order valence-electron chi connectivity index (χ0n) is 16.2. The number of aliphatic hydroxyl groups is 1. The van der Waals surface area contributed by atoms with Gasteiger partial charge in [0.1, 0.15) is 0 Å². The van der Waals surface area contributed by atoms with Crippen molar-refractivity contribution in [2.75, 3.05) is 39.3 Å². The topological polar surface area (TPSA) is 74.5 Å². The van der Waals surface area contributed by atoms with Crippen molar-refractivity contribution < 1.29 is 9.90 Å². The molecular weight excluding hydrogens is 374 g/mol. The Morgan fingerprint density at radius 1 is 1.29 bits per heavy atom. The molecule has 0 aliphatic carbocycles. The molecule has 1 fully saturated rings. The molecule has 0 unspecified atom stereocenters. The normalized spacial score (nSPS) is 15.6. The summed E-state index contributed by atoms with van der Waals surface area (Å²) in [5.41, 5.74) is 2.23. The van der Waals surface area contributed by atoms with Gasteiger partial charge >= 0.3 is 0 Å². The molecule has 28 heavy (non-hydrogen) atoms. The van der Waals surface area contributed by atoms with Crippen molar-refractivity contribution in [3.8, 4) is 10.6 Å². The lowest BCUT2D eigenvalue weighted by Crippen LogP contribution is -2.49. The molecule has 0 bridgehead atoms. The quantitative estimate of drug-likeness (QED) is 0.714. The molecule has 0 atom stereocenters. The third-order valence-corrected chi connectivity index (χ3v) is 6.03. The van der Waals surface area contributed by atoms with E-state index in [1.54, 1.807) is 17.5 Å². The van der Waals surface area contributed by atoms with Gasteiger partial charge in [-0.15, -0.1) is 11.3 Å². The second-order valence-corrected chi connectivity index (χ2v) is 8.26. The van der Waals surface area contributed by atoms with Crippen LogP contribution >= 0.6 is 11.3 Å². The average Bonchev–Trinajstić information content (AvgIpc) is 3.37. The van der Waals surface area contributed by atoms with Crippen LogP contribution in [-0.4, -0.2) is 74.9 Å². The maximum absolute atomic E-state index is 13.4. The number of carbonyl (C=O) groups is 1. The molecule has 3 aromatic heterocycles. The predicted octanol–water partition coefficient (Wildman–Crippen LogP) is 2.49. The first-order valence-corrected chi connectivity index (χ1v) is 10.5. The molecule has 1 saturated heterocycles. The molecule has 8 heteroatoms. The predicted molar refractivity (Wildman–Crippen MR) is 111 cm³/mol. The Kier molecular flexibility index (Phi) is 5.43. The van der Waals surface area contributed by atoms with Crippen LogP contribution in [0.3, 0.4) is 0 Å². The van der Waals surface area contributed by atoms with Gasteiger partial charge in [0.05, 0.1) is 34.3 Å². The summed E-state index contributed by atoms with van der Waals surface area (Å²) in [7, 11) is 0. The molecule has 1 aliphatic heterocycles.